The Morgan fingerprint density at radius 1 is 1.19 bits per heavy atom. The number of carbonyl (C=O) groups is 2. The Morgan fingerprint density at radius 3 is 2.59 bits per heavy atom. The highest BCUT2D eigenvalue weighted by Gasteiger charge is 2.29. The normalized spacial score (nSPS) is 18.0. The lowest BCUT2D eigenvalue weighted by Crippen LogP contribution is -2.45. The molecule has 0 spiro atoms. The number of nitrogens with one attached hydrogen (secondary N) is 1. The number of halogens is 2. The molecule has 27 heavy (non-hydrogen) atoms. The molecule has 0 radical (unpaired) electrons. The average molecular weight is 450 g/mol. The van der Waals surface area contributed by atoms with Crippen molar-refractivity contribution in [2.24, 2.45) is 5.92 Å². The largest absolute Gasteiger partial charge is 0.349 e. The lowest BCUT2D eigenvalue weighted by Gasteiger charge is -2.33. The van der Waals surface area contributed by atoms with Gasteiger partial charge in [-0.1, -0.05) is 45.7 Å². The summed E-state index contributed by atoms with van der Waals surface area (Å²) in [5, 5.41) is 3.69. The first-order chi connectivity index (χ1) is 13.0. The standard InChI is InChI=1S/C21H22BrClN2O2/c1-14(18-6-2-3-7-19(18)22)24-20(26)16-5-4-12-25(13-16)21(27)15-8-10-17(23)11-9-15/h2-3,6-11,14,16H,4-5,12-13H2,1H3,(H,24,26). The minimum absolute atomic E-state index is 0.00754. The average Bonchev–Trinajstić information content (AvgIpc) is 2.68. The predicted octanol–water partition coefficient (Wildman–Crippen LogP) is 4.83. The molecule has 1 aliphatic rings. The zero-order chi connectivity index (χ0) is 19.4. The maximum atomic E-state index is 12.8. The number of nitrogens with zero attached hydrogens (tertiary/aromatic N) is 1. The van der Waals surface area contributed by atoms with Crippen molar-refractivity contribution in [1.29, 1.82) is 0 Å². The Labute approximate surface area is 173 Å². The molecule has 1 aliphatic heterocycles. The van der Waals surface area contributed by atoms with Crippen LogP contribution in [0, 0.1) is 5.92 Å². The second-order valence-electron chi connectivity index (χ2n) is 6.85. The summed E-state index contributed by atoms with van der Waals surface area (Å²) in [5.41, 5.74) is 1.64. The first kappa shape index (κ1) is 19.9. The smallest absolute Gasteiger partial charge is 0.253 e. The second-order valence-corrected chi connectivity index (χ2v) is 8.14. The van der Waals surface area contributed by atoms with Crippen LogP contribution in [0.4, 0.5) is 0 Å². The summed E-state index contributed by atoms with van der Waals surface area (Å²) in [6.45, 7) is 3.08. The van der Waals surface area contributed by atoms with Gasteiger partial charge in [0.15, 0.2) is 0 Å². The molecule has 1 N–H and O–H groups in total. The maximum absolute atomic E-state index is 12.8. The van der Waals surface area contributed by atoms with E-state index in [4.69, 9.17) is 11.6 Å². The number of rotatable bonds is 4. The van der Waals surface area contributed by atoms with Gasteiger partial charge in [-0.05, 0) is 55.7 Å². The highest BCUT2D eigenvalue weighted by atomic mass is 79.9. The van der Waals surface area contributed by atoms with E-state index in [0.29, 0.717) is 23.7 Å². The molecule has 0 aliphatic carbocycles. The van der Waals surface area contributed by atoms with Crippen molar-refractivity contribution in [2.75, 3.05) is 13.1 Å². The summed E-state index contributed by atoms with van der Waals surface area (Å²) in [5.74, 6) is -0.255. The zero-order valence-corrected chi connectivity index (χ0v) is 17.5. The second kappa shape index (κ2) is 8.89. The zero-order valence-electron chi connectivity index (χ0n) is 15.1. The van der Waals surface area contributed by atoms with Gasteiger partial charge in [-0.3, -0.25) is 9.59 Å². The van der Waals surface area contributed by atoms with Crippen molar-refractivity contribution < 1.29 is 9.59 Å². The minimum Gasteiger partial charge on any atom is -0.349 e. The van der Waals surface area contributed by atoms with Gasteiger partial charge in [0.05, 0.1) is 12.0 Å². The molecule has 2 amide bonds. The first-order valence-electron chi connectivity index (χ1n) is 9.05. The van der Waals surface area contributed by atoms with Crippen molar-refractivity contribution in [3.8, 4) is 0 Å². The van der Waals surface area contributed by atoms with Crippen molar-refractivity contribution >= 4 is 39.3 Å². The number of piperidine rings is 1. The Kier molecular flexibility index (Phi) is 6.55. The quantitative estimate of drug-likeness (QED) is 0.726. The third kappa shape index (κ3) is 4.90. The van der Waals surface area contributed by atoms with Crippen LogP contribution in [0.2, 0.25) is 5.02 Å². The number of hydrogen-bond acceptors (Lipinski definition) is 2. The van der Waals surface area contributed by atoms with E-state index in [2.05, 4.69) is 21.2 Å². The summed E-state index contributed by atoms with van der Waals surface area (Å²) in [7, 11) is 0. The van der Waals surface area contributed by atoms with Gasteiger partial charge in [0.2, 0.25) is 5.91 Å². The Morgan fingerprint density at radius 2 is 1.89 bits per heavy atom. The van der Waals surface area contributed by atoms with Gasteiger partial charge in [0.25, 0.3) is 5.91 Å². The molecule has 2 atom stereocenters. The van der Waals surface area contributed by atoms with E-state index in [0.717, 1.165) is 22.9 Å². The molecule has 1 heterocycles. The van der Waals surface area contributed by atoms with E-state index in [-0.39, 0.29) is 23.8 Å². The van der Waals surface area contributed by atoms with Gasteiger partial charge in [-0.15, -0.1) is 0 Å². The molecular weight excluding hydrogens is 428 g/mol. The molecule has 2 aromatic carbocycles. The molecular formula is C21H22BrClN2O2. The van der Waals surface area contributed by atoms with Crippen LogP contribution in [-0.4, -0.2) is 29.8 Å². The van der Waals surface area contributed by atoms with E-state index in [9.17, 15) is 9.59 Å². The predicted molar refractivity (Wildman–Crippen MR) is 111 cm³/mol. The van der Waals surface area contributed by atoms with Crippen LogP contribution >= 0.6 is 27.5 Å². The maximum Gasteiger partial charge on any atom is 0.253 e. The van der Waals surface area contributed by atoms with Crippen LogP contribution in [-0.2, 0) is 4.79 Å². The van der Waals surface area contributed by atoms with Crippen molar-refractivity contribution in [1.82, 2.24) is 10.2 Å². The van der Waals surface area contributed by atoms with Crippen LogP contribution in [0.1, 0.15) is 41.7 Å². The van der Waals surface area contributed by atoms with Crippen LogP contribution in [0.3, 0.4) is 0 Å². The summed E-state index contributed by atoms with van der Waals surface area (Å²) in [6.07, 6.45) is 1.61. The molecule has 0 bridgehead atoms. The molecule has 142 valence electrons. The molecule has 3 rings (SSSR count). The van der Waals surface area contributed by atoms with Crippen LogP contribution in [0.5, 0.6) is 0 Å². The van der Waals surface area contributed by atoms with Crippen LogP contribution in [0.15, 0.2) is 53.0 Å². The van der Waals surface area contributed by atoms with E-state index < -0.39 is 0 Å². The number of benzene rings is 2. The van der Waals surface area contributed by atoms with Crippen molar-refractivity contribution in [2.45, 2.75) is 25.8 Å². The van der Waals surface area contributed by atoms with Gasteiger partial charge >= 0.3 is 0 Å². The molecule has 4 nitrogen and oxygen atoms in total. The molecule has 1 fully saturated rings. The van der Waals surface area contributed by atoms with Crippen LogP contribution < -0.4 is 5.32 Å². The molecule has 1 saturated heterocycles. The fourth-order valence-electron chi connectivity index (χ4n) is 3.39. The van der Waals surface area contributed by atoms with Crippen LogP contribution in [0.25, 0.3) is 0 Å². The van der Waals surface area contributed by atoms with E-state index in [1.807, 2.05) is 31.2 Å². The van der Waals surface area contributed by atoms with Gasteiger partial charge < -0.3 is 10.2 Å². The molecule has 0 saturated carbocycles. The highest BCUT2D eigenvalue weighted by Crippen LogP contribution is 2.25. The molecule has 0 aromatic heterocycles. The third-order valence-corrected chi connectivity index (χ3v) is 5.88. The number of amides is 2. The van der Waals surface area contributed by atoms with Gasteiger partial charge in [-0.25, -0.2) is 0 Å². The fourth-order valence-corrected chi connectivity index (χ4v) is 4.14. The minimum atomic E-state index is -0.195. The summed E-state index contributed by atoms with van der Waals surface area (Å²) in [6, 6.07) is 14.6. The highest BCUT2D eigenvalue weighted by molar-refractivity contribution is 9.10. The van der Waals surface area contributed by atoms with Gasteiger partial charge in [-0.2, -0.15) is 0 Å². The number of carbonyl (C=O) groups excluding carboxylic acids is 2. The molecule has 2 aromatic rings. The molecule has 2 unspecified atom stereocenters. The Bertz CT molecular complexity index is 825. The SMILES string of the molecule is CC(NC(=O)C1CCCN(C(=O)c2ccc(Cl)cc2)C1)c1ccccc1Br. The van der Waals surface area contributed by atoms with Gasteiger partial charge in [0.1, 0.15) is 0 Å². The monoisotopic (exact) mass is 448 g/mol. The van der Waals surface area contributed by atoms with E-state index >= 15 is 0 Å². The summed E-state index contributed by atoms with van der Waals surface area (Å²) < 4.78 is 0.973. The van der Waals surface area contributed by atoms with Gasteiger partial charge in [0, 0.05) is 28.1 Å². The first-order valence-corrected chi connectivity index (χ1v) is 10.2. The van der Waals surface area contributed by atoms with E-state index in [1.165, 1.54) is 0 Å². The summed E-state index contributed by atoms with van der Waals surface area (Å²) >= 11 is 9.42. The molecule has 6 heteroatoms. The van der Waals surface area contributed by atoms with Crippen molar-refractivity contribution in [3.05, 3.63) is 69.2 Å². The number of likely N-dealkylation sites (tertiary alicyclic amines) is 1. The van der Waals surface area contributed by atoms with Crippen molar-refractivity contribution in [3.63, 3.8) is 0 Å². The topological polar surface area (TPSA) is 49.4 Å². The number of hydrogen-bond donors (Lipinski definition) is 1. The third-order valence-electron chi connectivity index (χ3n) is 4.90. The lowest BCUT2D eigenvalue weighted by atomic mass is 9.95. The lowest BCUT2D eigenvalue weighted by molar-refractivity contribution is -0.127. The fraction of sp³-hybridized carbons (Fsp3) is 0.333. The Hall–Kier alpha value is -1.85. The van der Waals surface area contributed by atoms with E-state index in [1.54, 1.807) is 29.2 Å². The summed E-state index contributed by atoms with van der Waals surface area (Å²) in [4.78, 5) is 27.2. The Balaban J connectivity index is 1.63.